The zero-order chi connectivity index (χ0) is 28.3. The van der Waals surface area contributed by atoms with Crippen molar-refractivity contribution < 1.29 is 19.0 Å². The topological polar surface area (TPSA) is 74.6 Å². The summed E-state index contributed by atoms with van der Waals surface area (Å²) in [6, 6.07) is 20.2. The monoisotopic (exact) mass is 543 g/mol. The summed E-state index contributed by atoms with van der Waals surface area (Å²) in [7, 11) is 3.20. The second kappa shape index (κ2) is 14.4. The number of methoxy groups -OCH3 is 2. The number of fused-ring (bicyclic) bond motifs is 1. The molecular weight excluding hydrogens is 502 g/mol. The van der Waals surface area contributed by atoms with E-state index in [0.717, 1.165) is 61.3 Å². The van der Waals surface area contributed by atoms with Crippen molar-refractivity contribution in [3.05, 3.63) is 83.2 Å². The van der Waals surface area contributed by atoms with Crippen LogP contribution in [0.15, 0.2) is 60.7 Å². The minimum absolute atomic E-state index is 0.0112. The molecular formula is C33H41N3O4. The third-order valence-corrected chi connectivity index (χ3v) is 7.06. The zero-order valence-electron chi connectivity index (χ0n) is 24.2. The van der Waals surface area contributed by atoms with Crippen molar-refractivity contribution in [1.29, 1.82) is 0 Å². The third-order valence-electron chi connectivity index (χ3n) is 7.06. The number of rotatable bonds is 15. The number of carbonyl (C=O) groups excluding carboxylic acids is 1. The van der Waals surface area contributed by atoms with Crippen LogP contribution < -0.4 is 19.5 Å². The Morgan fingerprint density at radius 3 is 2.48 bits per heavy atom. The Hall–Kier alpha value is -4.00. The average Bonchev–Trinajstić information content (AvgIpc) is 3.31. The summed E-state index contributed by atoms with van der Waals surface area (Å²) in [4.78, 5) is 17.3. The number of unbranched alkanes of at least 4 members (excludes halogenated alkanes) is 2. The van der Waals surface area contributed by atoms with E-state index in [1.165, 1.54) is 16.6 Å². The zero-order valence-corrected chi connectivity index (χ0v) is 24.2. The van der Waals surface area contributed by atoms with Crippen LogP contribution in [-0.4, -0.2) is 42.8 Å². The Morgan fingerprint density at radius 2 is 1.68 bits per heavy atom. The lowest BCUT2D eigenvalue weighted by atomic mass is 10.1. The van der Waals surface area contributed by atoms with E-state index in [-0.39, 0.29) is 5.91 Å². The second-order valence-corrected chi connectivity index (χ2v) is 10.2. The van der Waals surface area contributed by atoms with Gasteiger partial charge >= 0.3 is 0 Å². The number of nitrogens with zero attached hydrogens (tertiary/aromatic N) is 2. The molecule has 1 heterocycles. The summed E-state index contributed by atoms with van der Waals surface area (Å²) in [6.45, 7) is 6.39. The molecule has 0 saturated heterocycles. The van der Waals surface area contributed by atoms with Crippen LogP contribution in [0, 0.1) is 13.8 Å². The second-order valence-electron chi connectivity index (χ2n) is 10.2. The fraction of sp³-hybridized carbons (Fsp3) is 0.394. The van der Waals surface area contributed by atoms with E-state index in [1.807, 2.05) is 24.3 Å². The highest BCUT2D eigenvalue weighted by atomic mass is 16.5. The number of amides is 1. The van der Waals surface area contributed by atoms with E-state index in [9.17, 15) is 4.79 Å². The smallest absolute Gasteiger partial charge is 0.224 e. The van der Waals surface area contributed by atoms with E-state index in [4.69, 9.17) is 19.2 Å². The molecule has 0 bridgehead atoms. The number of aromatic nitrogens is 2. The van der Waals surface area contributed by atoms with Gasteiger partial charge in [0.05, 0.1) is 38.3 Å². The molecule has 0 spiro atoms. The molecule has 0 aliphatic carbocycles. The van der Waals surface area contributed by atoms with Crippen LogP contribution in [0.25, 0.3) is 11.0 Å². The van der Waals surface area contributed by atoms with Gasteiger partial charge in [0.2, 0.25) is 5.91 Å². The van der Waals surface area contributed by atoms with Gasteiger partial charge < -0.3 is 24.1 Å². The van der Waals surface area contributed by atoms with Crippen LogP contribution in [0.2, 0.25) is 0 Å². The molecule has 4 rings (SSSR count). The van der Waals surface area contributed by atoms with Gasteiger partial charge in [-0.2, -0.15) is 0 Å². The normalized spacial score (nSPS) is 11.0. The van der Waals surface area contributed by atoms with Gasteiger partial charge in [-0.3, -0.25) is 4.79 Å². The van der Waals surface area contributed by atoms with Crippen LogP contribution in [-0.2, 0) is 24.2 Å². The van der Waals surface area contributed by atoms with Crippen LogP contribution in [0.1, 0.15) is 48.2 Å². The summed E-state index contributed by atoms with van der Waals surface area (Å²) in [5.41, 5.74) is 5.53. The van der Waals surface area contributed by atoms with Gasteiger partial charge in [0.15, 0.2) is 11.5 Å². The van der Waals surface area contributed by atoms with E-state index >= 15 is 0 Å². The first-order valence-corrected chi connectivity index (χ1v) is 14.1. The lowest BCUT2D eigenvalue weighted by molar-refractivity contribution is -0.120. The Kier molecular flexibility index (Phi) is 10.4. The van der Waals surface area contributed by atoms with Gasteiger partial charge in [-0.05, 0) is 74.6 Å². The molecule has 0 radical (unpaired) electrons. The molecule has 0 saturated carbocycles. The fourth-order valence-electron chi connectivity index (χ4n) is 4.98. The molecule has 3 aromatic carbocycles. The van der Waals surface area contributed by atoms with Gasteiger partial charge in [0.1, 0.15) is 11.6 Å². The number of hydrogen-bond acceptors (Lipinski definition) is 5. The molecule has 0 aliphatic heterocycles. The quantitative estimate of drug-likeness (QED) is 0.180. The van der Waals surface area contributed by atoms with Gasteiger partial charge in [-0.1, -0.05) is 42.3 Å². The van der Waals surface area contributed by atoms with E-state index < -0.39 is 0 Å². The first-order valence-electron chi connectivity index (χ1n) is 14.1. The third kappa shape index (κ3) is 7.78. The highest BCUT2D eigenvalue weighted by molar-refractivity contribution is 5.78. The Bertz CT molecular complexity index is 1410. The molecule has 40 heavy (non-hydrogen) atoms. The lowest BCUT2D eigenvalue weighted by Crippen LogP contribution is -2.26. The van der Waals surface area contributed by atoms with Crippen molar-refractivity contribution >= 4 is 16.9 Å². The van der Waals surface area contributed by atoms with Crippen LogP contribution in [0.4, 0.5) is 0 Å². The van der Waals surface area contributed by atoms with Crippen molar-refractivity contribution in [1.82, 2.24) is 14.9 Å². The Labute approximate surface area is 237 Å². The number of carbonyl (C=O) groups is 1. The maximum Gasteiger partial charge on any atom is 0.224 e. The minimum Gasteiger partial charge on any atom is -0.493 e. The van der Waals surface area contributed by atoms with Crippen molar-refractivity contribution in [2.45, 2.75) is 58.9 Å². The van der Waals surface area contributed by atoms with Crippen molar-refractivity contribution in [2.75, 3.05) is 27.4 Å². The average molecular weight is 544 g/mol. The van der Waals surface area contributed by atoms with E-state index in [2.05, 4.69) is 60.1 Å². The van der Waals surface area contributed by atoms with Crippen LogP contribution in [0.5, 0.6) is 17.2 Å². The van der Waals surface area contributed by atoms with Gasteiger partial charge in [0.25, 0.3) is 0 Å². The molecule has 7 heteroatoms. The van der Waals surface area contributed by atoms with Crippen LogP contribution >= 0.6 is 0 Å². The number of nitrogens with one attached hydrogen (secondary N) is 1. The molecule has 1 N–H and O–H groups in total. The number of ether oxygens (including phenoxy) is 3. The predicted octanol–water partition coefficient (Wildman–Crippen LogP) is 6.21. The van der Waals surface area contributed by atoms with Crippen LogP contribution in [0.3, 0.4) is 0 Å². The molecule has 1 amide bonds. The first-order chi connectivity index (χ1) is 19.5. The molecule has 7 nitrogen and oxygen atoms in total. The van der Waals surface area contributed by atoms with Crippen molar-refractivity contribution in [3.8, 4) is 17.2 Å². The Morgan fingerprint density at radius 1 is 0.875 bits per heavy atom. The first kappa shape index (κ1) is 29.0. The highest BCUT2D eigenvalue weighted by Gasteiger charge is 2.11. The van der Waals surface area contributed by atoms with Crippen molar-refractivity contribution in [2.24, 2.45) is 0 Å². The number of imidazole rings is 1. The van der Waals surface area contributed by atoms with E-state index in [0.29, 0.717) is 31.1 Å². The predicted molar refractivity (Wildman–Crippen MR) is 160 cm³/mol. The number of hydrogen-bond donors (Lipinski definition) is 1. The summed E-state index contributed by atoms with van der Waals surface area (Å²) in [5, 5.41) is 3.04. The largest absolute Gasteiger partial charge is 0.493 e. The molecule has 0 unspecified atom stereocenters. The fourth-order valence-corrected chi connectivity index (χ4v) is 4.98. The number of aryl methyl sites for hydroxylation is 4. The molecule has 0 fully saturated rings. The lowest BCUT2D eigenvalue weighted by Gasteiger charge is -2.12. The number of para-hydroxylation sites is 2. The minimum atomic E-state index is 0.0112. The van der Waals surface area contributed by atoms with Gasteiger partial charge in [-0.25, -0.2) is 4.98 Å². The van der Waals surface area contributed by atoms with Gasteiger partial charge in [0, 0.05) is 19.5 Å². The maximum absolute atomic E-state index is 12.4. The van der Waals surface area contributed by atoms with Crippen molar-refractivity contribution in [3.63, 3.8) is 0 Å². The number of benzene rings is 3. The standard InChI is InChI=1S/C33H41N3O4/c1-24-14-16-29(25(2)21-24)40-20-10-19-36-28-12-8-7-11-27(28)35-32(36)13-6-5-9-18-34-33(37)23-26-15-17-30(38-3)31(22-26)39-4/h7-8,11-12,14-17,21-22H,5-6,9-10,13,18-20,23H2,1-4H3,(H,34,37). The summed E-state index contributed by atoms with van der Waals surface area (Å²) in [5.74, 6) is 3.37. The van der Waals surface area contributed by atoms with Gasteiger partial charge in [-0.15, -0.1) is 0 Å². The van der Waals surface area contributed by atoms with E-state index in [1.54, 1.807) is 14.2 Å². The molecule has 212 valence electrons. The molecule has 4 aromatic rings. The summed E-state index contributed by atoms with van der Waals surface area (Å²) >= 11 is 0. The molecule has 1 aromatic heterocycles. The highest BCUT2D eigenvalue weighted by Crippen LogP contribution is 2.27. The summed E-state index contributed by atoms with van der Waals surface area (Å²) in [6.07, 6.45) is 5.11. The molecule has 0 aliphatic rings. The summed E-state index contributed by atoms with van der Waals surface area (Å²) < 4.78 is 19.0. The molecule has 0 atom stereocenters. The SMILES string of the molecule is COc1ccc(CC(=O)NCCCCCc2nc3ccccc3n2CCCOc2ccc(C)cc2C)cc1OC. The maximum atomic E-state index is 12.4. The Balaban J connectivity index is 1.21.